The minimum Gasteiger partial charge on any atom is -0.478 e. The monoisotopic (exact) mass is 279 g/mol. The maximum absolute atomic E-state index is 10.8. The molecule has 0 saturated heterocycles. The predicted octanol–water partition coefficient (Wildman–Crippen LogP) is 1.93. The largest absolute Gasteiger partial charge is 0.478 e. The second kappa shape index (κ2) is 4.70. The van der Waals surface area contributed by atoms with Crippen LogP contribution in [0.2, 0.25) is 0 Å². The van der Waals surface area contributed by atoms with Gasteiger partial charge in [0, 0.05) is 25.8 Å². The van der Waals surface area contributed by atoms with Crippen LogP contribution in [0.15, 0.2) is 12.1 Å². The Morgan fingerprint density at radius 1 is 1.15 bits per heavy atom. The number of hydrogen-bond acceptors (Lipinski definition) is 1. The summed E-state index contributed by atoms with van der Waals surface area (Å²) < 4.78 is 0. The molecule has 0 heterocycles. The molecule has 1 aromatic carbocycles. The summed E-state index contributed by atoms with van der Waals surface area (Å²) in [7, 11) is 0. The van der Waals surface area contributed by atoms with Crippen molar-refractivity contribution in [1.82, 2.24) is 0 Å². The zero-order chi connectivity index (χ0) is 9.30. The van der Waals surface area contributed by atoms with Gasteiger partial charge in [0.05, 0.1) is 5.56 Å². The van der Waals surface area contributed by atoms with E-state index in [9.17, 15) is 4.79 Å². The van der Waals surface area contributed by atoms with E-state index in [0.717, 1.165) is 16.7 Å². The van der Waals surface area contributed by atoms with Crippen molar-refractivity contribution in [2.45, 2.75) is 20.8 Å². The Kier molecular flexibility index (Phi) is 4.54. The van der Waals surface area contributed by atoms with Gasteiger partial charge in [-0.25, -0.2) is 4.79 Å². The first-order chi connectivity index (χ1) is 5.54. The second-order valence-electron chi connectivity index (χ2n) is 3.00. The van der Waals surface area contributed by atoms with Crippen LogP contribution in [0.5, 0.6) is 0 Å². The molecule has 3 heteroatoms. The number of aromatic carboxylic acids is 1. The van der Waals surface area contributed by atoms with Crippen LogP contribution < -0.4 is 0 Å². The number of carbonyl (C=O) groups is 1. The average molecular weight is 279 g/mol. The summed E-state index contributed by atoms with van der Waals surface area (Å²) in [5.74, 6) is -0.839. The van der Waals surface area contributed by atoms with Crippen molar-refractivity contribution in [1.29, 1.82) is 0 Å². The van der Waals surface area contributed by atoms with Crippen LogP contribution in [0.25, 0.3) is 0 Å². The molecular weight excluding hydrogens is 267 g/mol. The fourth-order valence-corrected chi connectivity index (χ4v) is 1.28. The van der Waals surface area contributed by atoms with Gasteiger partial charge in [0.25, 0.3) is 0 Å². The summed E-state index contributed by atoms with van der Waals surface area (Å²) in [5, 5.41) is 8.87. The van der Waals surface area contributed by atoms with Crippen LogP contribution in [0.3, 0.4) is 0 Å². The van der Waals surface area contributed by atoms with Gasteiger partial charge in [-0.3, -0.25) is 0 Å². The van der Waals surface area contributed by atoms with Gasteiger partial charge in [0.2, 0.25) is 0 Å². The zero-order valence-electron chi connectivity index (χ0n) is 8.09. The topological polar surface area (TPSA) is 37.3 Å². The molecule has 13 heavy (non-hydrogen) atoms. The van der Waals surface area contributed by atoms with Gasteiger partial charge in [-0.2, -0.15) is 0 Å². The molecule has 2 nitrogen and oxygen atoms in total. The summed E-state index contributed by atoms with van der Waals surface area (Å²) >= 11 is 0. The quantitative estimate of drug-likeness (QED) is 0.852. The number of benzene rings is 1. The Morgan fingerprint density at radius 2 is 1.62 bits per heavy atom. The molecule has 0 atom stereocenters. The standard InChI is InChI=1S/C10H12O2.In/c1-6-4-5-7(2)9(8(6)3)10(11)12;/h4-5H,1-3H3,(H,11,12);. The molecule has 67 valence electrons. The molecule has 1 rings (SSSR count). The molecule has 0 fully saturated rings. The van der Waals surface area contributed by atoms with Gasteiger partial charge in [0.15, 0.2) is 0 Å². The van der Waals surface area contributed by atoms with Gasteiger partial charge in [0.1, 0.15) is 0 Å². The van der Waals surface area contributed by atoms with Crippen molar-refractivity contribution in [2.24, 2.45) is 0 Å². The third-order valence-corrected chi connectivity index (χ3v) is 2.16. The van der Waals surface area contributed by atoms with Crippen LogP contribution in [-0.2, 0) is 0 Å². The maximum atomic E-state index is 10.8. The van der Waals surface area contributed by atoms with Gasteiger partial charge >= 0.3 is 5.97 Å². The van der Waals surface area contributed by atoms with E-state index in [1.165, 1.54) is 0 Å². The predicted molar refractivity (Wildman–Crippen MR) is 53.4 cm³/mol. The van der Waals surface area contributed by atoms with Crippen molar-refractivity contribution >= 4 is 31.8 Å². The van der Waals surface area contributed by atoms with E-state index >= 15 is 0 Å². The van der Waals surface area contributed by atoms with Crippen molar-refractivity contribution in [3.05, 3.63) is 34.4 Å². The summed E-state index contributed by atoms with van der Waals surface area (Å²) in [6.45, 7) is 5.57. The molecule has 1 N–H and O–H groups in total. The smallest absolute Gasteiger partial charge is 0.336 e. The van der Waals surface area contributed by atoms with E-state index in [1.807, 2.05) is 32.9 Å². The van der Waals surface area contributed by atoms with Gasteiger partial charge in [-0.15, -0.1) is 0 Å². The van der Waals surface area contributed by atoms with E-state index in [4.69, 9.17) is 5.11 Å². The fourth-order valence-electron chi connectivity index (χ4n) is 1.28. The first-order valence-electron chi connectivity index (χ1n) is 3.84. The summed E-state index contributed by atoms with van der Waals surface area (Å²) in [5.41, 5.74) is 3.15. The maximum Gasteiger partial charge on any atom is 0.336 e. The van der Waals surface area contributed by atoms with Crippen LogP contribution in [0, 0.1) is 20.8 Å². The third-order valence-electron chi connectivity index (χ3n) is 2.16. The Balaban J connectivity index is 0.00000144. The number of carboxylic acid groups (broad SMARTS) is 1. The van der Waals surface area contributed by atoms with Gasteiger partial charge in [-0.05, 0) is 37.5 Å². The number of aryl methyl sites for hydroxylation is 2. The van der Waals surface area contributed by atoms with Gasteiger partial charge in [-0.1, -0.05) is 12.1 Å². The number of carboxylic acids is 1. The Bertz CT molecular complexity index is 332. The summed E-state index contributed by atoms with van der Waals surface area (Å²) in [6.07, 6.45) is 0. The Labute approximate surface area is 96.8 Å². The van der Waals surface area contributed by atoms with Crippen molar-refractivity contribution in [3.63, 3.8) is 0 Å². The molecule has 0 aliphatic rings. The number of rotatable bonds is 1. The third kappa shape index (κ3) is 2.50. The SMILES string of the molecule is Cc1ccc(C)c(C(=O)O)c1C.[In]. The van der Waals surface area contributed by atoms with Crippen LogP contribution in [0.1, 0.15) is 27.0 Å². The zero-order valence-corrected chi connectivity index (χ0v) is 11.4. The Morgan fingerprint density at radius 3 is 2.00 bits per heavy atom. The van der Waals surface area contributed by atoms with Crippen LogP contribution >= 0.6 is 0 Å². The first kappa shape index (κ1) is 12.6. The molecule has 0 bridgehead atoms. The molecule has 1 aromatic rings. The molecule has 0 aliphatic heterocycles. The molecule has 3 radical (unpaired) electrons. The van der Waals surface area contributed by atoms with E-state index < -0.39 is 5.97 Å². The van der Waals surface area contributed by atoms with E-state index in [-0.39, 0.29) is 25.8 Å². The average Bonchev–Trinajstić information content (AvgIpc) is 1.97. The number of hydrogen-bond donors (Lipinski definition) is 1. The minimum absolute atomic E-state index is 0. The molecule has 0 saturated carbocycles. The summed E-state index contributed by atoms with van der Waals surface area (Å²) in [4.78, 5) is 10.8. The molecule has 0 unspecified atom stereocenters. The van der Waals surface area contributed by atoms with Gasteiger partial charge < -0.3 is 5.11 Å². The van der Waals surface area contributed by atoms with E-state index in [1.54, 1.807) is 0 Å². The molecule has 0 spiro atoms. The second-order valence-corrected chi connectivity index (χ2v) is 3.00. The molecule has 0 aromatic heterocycles. The fraction of sp³-hybridized carbons (Fsp3) is 0.300. The Hall–Kier alpha value is -0.440. The minimum atomic E-state index is -0.839. The molecule has 0 aliphatic carbocycles. The first-order valence-corrected chi connectivity index (χ1v) is 3.84. The molecule has 0 amide bonds. The van der Waals surface area contributed by atoms with Crippen molar-refractivity contribution < 1.29 is 9.90 Å². The van der Waals surface area contributed by atoms with E-state index in [0.29, 0.717) is 5.56 Å². The van der Waals surface area contributed by atoms with Crippen LogP contribution in [0.4, 0.5) is 0 Å². The summed E-state index contributed by atoms with van der Waals surface area (Å²) in [6, 6.07) is 3.78. The van der Waals surface area contributed by atoms with Crippen molar-refractivity contribution in [3.8, 4) is 0 Å². The molecular formula is C10H12InO2. The van der Waals surface area contributed by atoms with Crippen LogP contribution in [-0.4, -0.2) is 36.9 Å². The van der Waals surface area contributed by atoms with Crippen molar-refractivity contribution in [2.75, 3.05) is 0 Å². The van der Waals surface area contributed by atoms with E-state index in [2.05, 4.69) is 0 Å². The normalized spacial score (nSPS) is 9.15.